The Morgan fingerprint density at radius 1 is 1.41 bits per heavy atom. The van der Waals surface area contributed by atoms with Crippen LogP contribution in [0.4, 0.5) is 4.79 Å². The van der Waals surface area contributed by atoms with Gasteiger partial charge in [-0.1, -0.05) is 0 Å². The van der Waals surface area contributed by atoms with Crippen molar-refractivity contribution in [1.29, 1.82) is 0 Å². The van der Waals surface area contributed by atoms with Crippen molar-refractivity contribution in [1.82, 2.24) is 5.32 Å². The molecule has 0 aromatic rings. The normalized spacial score (nSPS) is 19.8. The van der Waals surface area contributed by atoms with E-state index in [1.165, 1.54) is 0 Å². The molecule has 2 N–H and O–H groups in total. The monoisotopic (exact) mass is 261 g/mol. The maximum absolute atomic E-state index is 11.8. The molecule has 0 atom stereocenters. The maximum Gasteiger partial charge on any atom is 0.408 e. The smallest absolute Gasteiger partial charge is 0.408 e. The van der Waals surface area contributed by atoms with E-state index in [0.717, 1.165) is 24.3 Å². The molecule has 5 heteroatoms. The number of ether oxygens (including phenoxy) is 1. The van der Waals surface area contributed by atoms with Gasteiger partial charge < -0.3 is 15.2 Å². The van der Waals surface area contributed by atoms with Gasteiger partial charge in [0.2, 0.25) is 0 Å². The van der Waals surface area contributed by atoms with E-state index in [1.807, 2.05) is 32.5 Å². The molecule has 1 aliphatic rings. The quantitative estimate of drug-likeness (QED) is 0.817. The highest BCUT2D eigenvalue weighted by Crippen LogP contribution is 2.30. The van der Waals surface area contributed by atoms with Gasteiger partial charge in [-0.3, -0.25) is 0 Å². The summed E-state index contributed by atoms with van der Waals surface area (Å²) in [5.41, 5.74) is -0.754. The lowest BCUT2D eigenvalue weighted by Gasteiger charge is -2.37. The average Bonchev–Trinajstić information content (AvgIpc) is 2.15. The van der Waals surface area contributed by atoms with Crippen LogP contribution in [0.2, 0.25) is 0 Å². The fourth-order valence-corrected chi connectivity index (χ4v) is 3.21. The number of carbonyl (C=O) groups excluding carboxylic acids is 1. The minimum atomic E-state index is -0.478. The summed E-state index contributed by atoms with van der Waals surface area (Å²) in [7, 11) is 0. The van der Waals surface area contributed by atoms with E-state index >= 15 is 0 Å². The fourth-order valence-electron chi connectivity index (χ4n) is 1.93. The Balaban J connectivity index is 2.57. The molecule has 4 nitrogen and oxygen atoms in total. The van der Waals surface area contributed by atoms with E-state index in [1.54, 1.807) is 0 Å². The Labute approximate surface area is 107 Å². The molecule has 0 aromatic carbocycles. The van der Waals surface area contributed by atoms with Crippen molar-refractivity contribution >= 4 is 17.9 Å². The van der Waals surface area contributed by atoms with Crippen molar-refractivity contribution < 1.29 is 14.6 Å². The van der Waals surface area contributed by atoms with Gasteiger partial charge in [0, 0.05) is 12.1 Å². The zero-order chi connectivity index (χ0) is 12.9. The zero-order valence-corrected chi connectivity index (χ0v) is 11.7. The molecule has 0 unspecified atom stereocenters. The van der Waals surface area contributed by atoms with Gasteiger partial charge in [-0.05, 0) is 51.5 Å². The van der Waals surface area contributed by atoms with Crippen molar-refractivity contribution in [3.63, 3.8) is 0 Å². The third-order valence-electron chi connectivity index (χ3n) is 2.81. The van der Waals surface area contributed by atoms with E-state index in [9.17, 15) is 4.79 Å². The number of hydrogen-bond acceptors (Lipinski definition) is 4. The van der Waals surface area contributed by atoms with Crippen molar-refractivity contribution in [2.24, 2.45) is 0 Å². The predicted octanol–water partition coefficient (Wildman–Crippen LogP) is 2.16. The summed E-state index contributed by atoms with van der Waals surface area (Å²) >= 11 is 1.89. The van der Waals surface area contributed by atoms with E-state index in [0.29, 0.717) is 6.42 Å². The van der Waals surface area contributed by atoms with Crippen molar-refractivity contribution in [3.8, 4) is 0 Å². The lowest BCUT2D eigenvalue weighted by Crippen LogP contribution is -2.52. The molecule has 1 heterocycles. The number of amides is 1. The van der Waals surface area contributed by atoms with Crippen LogP contribution in [-0.4, -0.2) is 40.5 Å². The number of aliphatic hydroxyl groups excluding tert-OH is 1. The summed E-state index contributed by atoms with van der Waals surface area (Å²) < 4.78 is 5.27. The highest BCUT2D eigenvalue weighted by atomic mass is 32.2. The molecule has 100 valence electrons. The first-order chi connectivity index (χ1) is 7.87. The SMILES string of the molecule is CC(C)(C)OC(=O)NC1(CCO)CCSCC1. The molecule has 0 aromatic heterocycles. The zero-order valence-electron chi connectivity index (χ0n) is 10.9. The van der Waals surface area contributed by atoms with Crippen LogP contribution in [0.1, 0.15) is 40.0 Å². The first kappa shape index (κ1) is 14.6. The molecule has 0 spiro atoms. The van der Waals surface area contributed by atoms with Crippen LogP contribution in [0, 0.1) is 0 Å². The van der Waals surface area contributed by atoms with Crippen molar-refractivity contribution in [3.05, 3.63) is 0 Å². The topological polar surface area (TPSA) is 58.6 Å². The highest BCUT2D eigenvalue weighted by Gasteiger charge is 2.34. The molecule has 1 amide bonds. The van der Waals surface area contributed by atoms with Crippen LogP contribution in [-0.2, 0) is 4.74 Å². The summed E-state index contributed by atoms with van der Waals surface area (Å²) in [6, 6.07) is 0. The van der Waals surface area contributed by atoms with Gasteiger partial charge in [-0.25, -0.2) is 4.79 Å². The minimum absolute atomic E-state index is 0.0977. The van der Waals surface area contributed by atoms with Crippen LogP contribution in [0.3, 0.4) is 0 Å². The maximum atomic E-state index is 11.8. The molecule has 17 heavy (non-hydrogen) atoms. The Hall–Kier alpha value is -0.420. The number of thioether (sulfide) groups is 1. The predicted molar refractivity (Wildman–Crippen MR) is 70.4 cm³/mol. The van der Waals surface area contributed by atoms with Crippen molar-refractivity contribution in [2.45, 2.75) is 51.2 Å². The summed E-state index contributed by atoms with van der Waals surface area (Å²) in [6.45, 7) is 5.65. The largest absolute Gasteiger partial charge is 0.444 e. The van der Waals surface area contributed by atoms with Crippen LogP contribution in [0.25, 0.3) is 0 Å². The fraction of sp³-hybridized carbons (Fsp3) is 0.917. The first-order valence-electron chi connectivity index (χ1n) is 6.07. The van der Waals surface area contributed by atoms with E-state index in [2.05, 4.69) is 5.32 Å². The molecule has 1 fully saturated rings. The van der Waals surface area contributed by atoms with Gasteiger partial charge in [0.05, 0.1) is 0 Å². The number of alkyl carbamates (subject to hydrolysis) is 1. The van der Waals surface area contributed by atoms with Gasteiger partial charge in [-0.2, -0.15) is 11.8 Å². The molecular formula is C12H23NO3S. The highest BCUT2D eigenvalue weighted by molar-refractivity contribution is 7.99. The van der Waals surface area contributed by atoms with Crippen LogP contribution >= 0.6 is 11.8 Å². The Morgan fingerprint density at radius 2 is 2.00 bits per heavy atom. The molecule has 0 radical (unpaired) electrons. The average molecular weight is 261 g/mol. The van der Waals surface area contributed by atoms with Gasteiger partial charge in [0.1, 0.15) is 5.60 Å². The number of nitrogens with one attached hydrogen (secondary N) is 1. The third kappa shape index (κ3) is 5.17. The van der Waals surface area contributed by atoms with Crippen LogP contribution in [0.15, 0.2) is 0 Å². The first-order valence-corrected chi connectivity index (χ1v) is 7.22. The molecule has 1 aliphatic heterocycles. The number of rotatable bonds is 3. The Bertz CT molecular complexity index is 251. The molecular weight excluding hydrogens is 238 g/mol. The lowest BCUT2D eigenvalue weighted by atomic mass is 9.89. The third-order valence-corrected chi connectivity index (χ3v) is 3.79. The second-order valence-corrected chi connectivity index (χ2v) is 6.72. The summed E-state index contributed by atoms with van der Waals surface area (Å²) in [6.07, 6.45) is 2.03. The molecule has 0 aliphatic carbocycles. The Kier molecular flexibility index (Phi) is 5.13. The van der Waals surface area contributed by atoms with Crippen LogP contribution in [0.5, 0.6) is 0 Å². The number of aliphatic hydroxyl groups is 1. The second kappa shape index (κ2) is 5.96. The van der Waals surface area contributed by atoms with E-state index in [4.69, 9.17) is 9.84 Å². The number of carbonyl (C=O) groups is 1. The molecule has 1 rings (SSSR count). The van der Waals surface area contributed by atoms with Crippen LogP contribution < -0.4 is 5.32 Å². The van der Waals surface area contributed by atoms with E-state index < -0.39 is 5.60 Å². The molecule has 1 saturated heterocycles. The van der Waals surface area contributed by atoms with Gasteiger partial charge in [-0.15, -0.1) is 0 Å². The summed E-state index contributed by atoms with van der Waals surface area (Å²) in [5.74, 6) is 2.05. The molecule has 0 saturated carbocycles. The van der Waals surface area contributed by atoms with Gasteiger partial charge >= 0.3 is 6.09 Å². The minimum Gasteiger partial charge on any atom is -0.444 e. The lowest BCUT2D eigenvalue weighted by molar-refractivity contribution is 0.0427. The molecule has 0 bridgehead atoms. The van der Waals surface area contributed by atoms with Gasteiger partial charge in [0.15, 0.2) is 0 Å². The number of hydrogen-bond donors (Lipinski definition) is 2. The summed E-state index contributed by atoms with van der Waals surface area (Å²) in [5, 5.41) is 12.1. The standard InChI is InChI=1S/C12H23NO3S/c1-11(2,3)16-10(15)13-12(4-7-14)5-8-17-9-6-12/h14H,4-9H2,1-3H3,(H,13,15). The summed E-state index contributed by atoms with van der Waals surface area (Å²) in [4.78, 5) is 11.8. The van der Waals surface area contributed by atoms with Crippen molar-refractivity contribution in [2.75, 3.05) is 18.1 Å². The van der Waals surface area contributed by atoms with E-state index in [-0.39, 0.29) is 18.2 Å². The second-order valence-electron chi connectivity index (χ2n) is 5.49. The Morgan fingerprint density at radius 3 is 2.47 bits per heavy atom. The van der Waals surface area contributed by atoms with Gasteiger partial charge in [0.25, 0.3) is 0 Å².